The fourth-order valence-corrected chi connectivity index (χ4v) is 14.8. The average Bonchev–Trinajstić information content (AvgIpc) is 1.58. The first-order chi connectivity index (χ1) is 47.4. The molecule has 102 heavy (non-hydrogen) atoms. The minimum Gasteiger partial charge on any atom is -0.446 e. The Morgan fingerprint density at radius 3 is 1.98 bits per heavy atom. The van der Waals surface area contributed by atoms with Gasteiger partial charge in [-0.05, 0) is 160 Å². The number of hydrogen-bond donors (Lipinski definition) is 1. The second-order valence-electron chi connectivity index (χ2n) is 27.1. The molecule has 1 spiro atoms. The van der Waals surface area contributed by atoms with E-state index in [1.165, 1.54) is 29.8 Å². The number of amides is 5. The van der Waals surface area contributed by atoms with Crippen molar-refractivity contribution in [2.75, 3.05) is 123 Å². The van der Waals surface area contributed by atoms with Gasteiger partial charge in [-0.15, -0.1) is 37.2 Å². The van der Waals surface area contributed by atoms with E-state index in [2.05, 4.69) is 32.1 Å². The second-order valence-corrected chi connectivity index (χ2v) is 27.1. The number of hydrogen-bond acceptors (Lipinski definition) is 11. The number of carbonyl (C=O) groups is 5. The van der Waals surface area contributed by atoms with Gasteiger partial charge in [-0.2, -0.15) is 26.3 Å². The zero-order chi connectivity index (χ0) is 70.1. The molecule has 4 heterocycles. The third kappa shape index (κ3) is 19.5. The molecule has 0 aromatic heterocycles. The molecule has 0 saturated carbocycles. The lowest BCUT2D eigenvalue weighted by Gasteiger charge is -2.44. The molecule has 26 heteroatoms. The Morgan fingerprint density at radius 1 is 0.627 bits per heavy atom. The van der Waals surface area contributed by atoms with E-state index in [0.29, 0.717) is 100 Å². The Bertz CT molecular complexity index is 3790. The molecule has 3 fully saturated rings. The highest BCUT2D eigenvalue weighted by molar-refractivity contribution is 5.96. The summed E-state index contributed by atoms with van der Waals surface area (Å²) in [7, 11) is 5.37. The molecule has 16 nitrogen and oxygen atoms in total. The molecule has 0 unspecified atom stereocenters. The van der Waals surface area contributed by atoms with Crippen LogP contribution >= 0.6 is 37.2 Å². The number of nitrogens with one attached hydrogen (secondary N) is 1. The number of likely N-dealkylation sites (tertiary alicyclic amines) is 2. The predicted molar refractivity (Wildman–Crippen MR) is 384 cm³/mol. The van der Waals surface area contributed by atoms with E-state index in [-0.39, 0.29) is 92.8 Å². The second kappa shape index (κ2) is 35.3. The molecule has 1 aliphatic carbocycles. The van der Waals surface area contributed by atoms with Crippen molar-refractivity contribution >= 4 is 78.3 Å². The van der Waals surface area contributed by atoms with Crippen LogP contribution in [0.2, 0.25) is 0 Å². The molecule has 6 aromatic carbocycles. The Labute approximate surface area is 610 Å². The number of ether oxygens (including phenoxy) is 3. The molecule has 5 amide bonds. The van der Waals surface area contributed by atoms with Crippen LogP contribution in [0.25, 0.3) is 11.1 Å². The van der Waals surface area contributed by atoms with Crippen molar-refractivity contribution in [3.8, 4) is 11.1 Å². The van der Waals surface area contributed by atoms with Crippen LogP contribution in [-0.2, 0) is 60.0 Å². The summed E-state index contributed by atoms with van der Waals surface area (Å²) in [5.41, 5.74) is 2.66. The number of benzene rings is 6. The van der Waals surface area contributed by atoms with Crippen LogP contribution in [0.4, 0.5) is 46.9 Å². The number of fused-ring (bicyclic) bond motifs is 3. The van der Waals surface area contributed by atoms with Gasteiger partial charge < -0.3 is 48.5 Å². The number of rotatable bonds is 25. The van der Waals surface area contributed by atoms with Gasteiger partial charge in [0.15, 0.2) is 0 Å². The van der Waals surface area contributed by atoms with Gasteiger partial charge >= 0.3 is 18.4 Å². The smallest absolute Gasteiger partial charge is 0.416 e. The van der Waals surface area contributed by atoms with Crippen molar-refractivity contribution in [3.05, 3.63) is 190 Å². The van der Waals surface area contributed by atoms with E-state index in [1.54, 1.807) is 23.9 Å². The molecule has 1 N–H and O–H groups in total. The number of carbonyl (C=O) groups excluding carboxylic acids is 5. The summed E-state index contributed by atoms with van der Waals surface area (Å²) >= 11 is 0. The van der Waals surface area contributed by atoms with Crippen molar-refractivity contribution in [2.45, 2.75) is 113 Å². The summed E-state index contributed by atoms with van der Waals surface area (Å²) in [5, 5.41) is 2.94. The van der Waals surface area contributed by atoms with E-state index < -0.39 is 64.6 Å². The van der Waals surface area contributed by atoms with Crippen LogP contribution in [0, 0.1) is 5.82 Å². The summed E-state index contributed by atoms with van der Waals surface area (Å²) in [6.45, 7) is 6.40. The highest BCUT2D eigenvalue weighted by Crippen LogP contribution is 2.49. The van der Waals surface area contributed by atoms with Gasteiger partial charge in [-0.25, -0.2) is 9.18 Å². The van der Waals surface area contributed by atoms with Crippen molar-refractivity contribution in [3.63, 3.8) is 0 Å². The molecule has 2 atom stereocenters. The molecule has 11 rings (SSSR count). The number of alkyl halides is 6. The molecule has 0 radical (unpaired) electrons. The number of halogens is 10. The topological polar surface area (TPSA) is 148 Å². The molecule has 4 aliphatic heterocycles. The highest BCUT2D eigenvalue weighted by Gasteiger charge is 2.50. The zero-order valence-electron chi connectivity index (χ0n) is 57.6. The van der Waals surface area contributed by atoms with Crippen molar-refractivity contribution in [1.29, 1.82) is 0 Å². The molecule has 0 bridgehead atoms. The predicted octanol–water partition coefficient (Wildman–Crippen LogP) is 14.2. The molecule has 6 aromatic rings. The first-order valence-corrected chi connectivity index (χ1v) is 34.3. The number of unbranched alkanes of at least 4 members (excludes halogenated alkanes) is 2. The van der Waals surface area contributed by atoms with Crippen LogP contribution in [-0.4, -0.2) is 184 Å². The maximum absolute atomic E-state index is 14.3. The molecular formula is C76H90Cl3F7N8O8. The summed E-state index contributed by atoms with van der Waals surface area (Å²) in [6, 6.07) is 37.9. The van der Waals surface area contributed by atoms with Crippen LogP contribution in [0.1, 0.15) is 118 Å². The van der Waals surface area contributed by atoms with Gasteiger partial charge in [-0.3, -0.25) is 24.5 Å². The minimum atomic E-state index is -5.15. The fourth-order valence-electron chi connectivity index (χ4n) is 14.8. The lowest BCUT2D eigenvalue weighted by Crippen LogP contribution is -2.50. The Morgan fingerprint density at radius 2 is 1.27 bits per heavy atom. The van der Waals surface area contributed by atoms with Gasteiger partial charge in [0.25, 0.3) is 11.8 Å². The molecular weight excluding hydrogens is 1390 g/mol. The fraction of sp³-hybridized carbons (Fsp3) is 0.461. The van der Waals surface area contributed by atoms with Gasteiger partial charge in [-0.1, -0.05) is 91.3 Å². The number of para-hydroxylation sites is 1. The first kappa shape index (κ1) is 80.2. The van der Waals surface area contributed by atoms with E-state index in [4.69, 9.17) is 14.2 Å². The third-order valence-corrected chi connectivity index (χ3v) is 20.6. The standard InChI is InChI=1S/C76H87F7N8O8.3ClH/c1-85(34-14-35-87(3)70(94)56-22-27-66-55(45-56)28-39-90(66)36-13-5-8-21-68(92)86(2)43-44-88-37-29-62(30-38-88)99-72(96)84-65-20-12-10-18-63(65)53-15-6-4-7-16-53)69(93)50-97-67-48-54-17-9-11-19-64(54)73(67)31-40-89(41-32-73)42-33-74(58-23-25-61(77)26-24-58)51-91(52-98-74)71(95)57-46-59(75(78,79)80)49-60(47-57)76(81,82)83;;;/h4,6-7,9-12,15-20,22-27,45-47,49,62,67H,5,8,13-14,21,28-44,48,50-52H2,1-3H3,(H,84,96);3*1H/t67-,74+;;;/m0.../s1. The van der Waals surface area contributed by atoms with Crippen molar-refractivity contribution in [2.24, 2.45) is 0 Å². The van der Waals surface area contributed by atoms with Gasteiger partial charge in [0, 0.05) is 114 Å². The first-order valence-electron chi connectivity index (χ1n) is 34.3. The normalized spacial score (nSPS) is 18.1. The van der Waals surface area contributed by atoms with Gasteiger partial charge in [0.2, 0.25) is 11.8 Å². The Kier molecular flexibility index (Phi) is 27.8. The SMILES string of the molecule is CN(CCN1CCC(OC(=O)Nc2ccccc2-c2ccccc2)CC1)C(=O)CCCCCN1CCc2cc(C(=O)N(C)CCCN(C)C(=O)CO[C@H]3Cc4ccccc4C34CCN(CC[C@]3(c5ccc(F)cc5)CN(C(=O)c5cc(C(F)(F)F)cc(C(F)(F)F)c5)CO3)CC4)ccc21.Cl.Cl.Cl. The van der Waals surface area contributed by atoms with Crippen LogP contribution < -0.4 is 10.2 Å². The average molecular weight is 1480 g/mol. The van der Waals surface area contributed by atoms with Crippen molar-refractivity contribution < 1.29 is 68.9 Å². The van der Waals surface area contributed by atoms with Crippen LogP contribution in [0.5, 0.6) is 0 Å². The molecule has 552 valence electrons. The maximum atomic E-state index is 14.3. The molecule has 5 aliphatic rings. The van der Waals surface area contributed by atoms with Gasteiger partial charge in [0.1, 0.15) is 30.9 Å². The van der Waals surface area contributed by atoms with Crippen LogP contribution in [0.15, 0.2) is 140 Å². The quantitative estimate of drug-likeness (QED) is 0.0431. The molecule has 3 saturated heterocycles. The lowest BCUT2D eigenvalue weighted by molar-refractivity contribution is -0.143. The maximum Gasteiger partial charge on any atom is 0.416 e. The largest absolute Gasteiger partial charge is 0.446 e. The van der Waals surface area contributed by atoms with E-state index >= 15 is 0 Å². The minimum absolute atomic E-state index is 0. The number of anilines is 2. The summed E-state index contributed by atoms with van der Waals surface area (Å²) in [5.74, 6) is -1.75. The van der Waals surface area contributed by atoms with Crippen molar-refractivity contribution in [1.82, 2.24) is 29.4 Å². The van der Waals surface area contributed by atoms with Gasteiger partial charge in [0.05, 0.1) is 29.5 Å². The number of nitrogens with zero attached hydrogens (tertiary/aromatic N) is 7. The lowest BCUT2D eigenvalue weighted by atomic mass is 9.72. The third-order valence-electron chi connectivity index (χ3n) is 20.6. The monoisotopic (exact) mass is 1480 g/mol. The zero-order valence-corrected chi connectivity index (χ0v) is 60.0. The van der Waals surface area contributed by atoms with Crippen LogP contribution in [0.3, 0.4) is 0 Å². The summed E-state index contributed by atoms with van der Waals surface area (Å²) in [4.78, 5) is 80.4. The summed E-state index contributed by atoms with van der Waals surface area (Å²) in [6.07, 6.45) is -2.99. The number of likely N-dealkylation sites (N-methyl/N-ethyl adjacent to an activating group) is 2. The van der Waals surface area contributed by atoms with E-state index in [9.17, 15) is 54.7 Å². The van der Waals surface area contributed by atoms with E-state index in [0.717, 1.165) is 104 Å². The van der Waals surface area contributed by atoms with E-state index in [1.807, 2.05) is 96.9 Å². The summed E-state index contributed by atoms with van der Waals surface area (Å²) < 4.78 is 116. The highest BCUT2D eigenvalue weighted by atomic mass is 35.5. The Balaban J connectivity index is 0.00000440. The number of piperidine rings is 2. The Hall–Kier alpha value is -7.51.